The molecule has 14 heavy (non-hydrogen) atoms. The molecule has 0 spiro atoms. The van der Waals surface area contributed by atoms with Crippen molar-refractivity contribution in [1.29, 1.82) is 0 Å². The molecule has 0 aliphatic heterocycles. The molecule has 0 aromatic heterocycles. The summed E-state index contributed by atoms with van der Waals surface area (Å²) in [6.45, 7) is 0. The number of alkyl halides is 4. The fourth-order valence-corrected chi connectivity index (χ4v) is 1.95. The summed E-state index contributed by atoms with van der Waals surface area (Å²) >= 11 is 5.42. The Hall–Kier alpha value is -1.04. The van der Waals surface area contributed by atoms with Crippen LogP contribution in [0.25, 0.3) is 0 Å². The van der Waals surface area contributed by atoms with Crippen molar-refractivity contribution in [1.82, 2.24) is 0 Å². The Labute approximate surface area is 81.0 Å². The zero-order valence-electron chi connectivity index (χ0n) is 6.51. The lowest BCUT2D eigenvalue weighted by molar-refractivity contribution is -0.594. The van der Waals surface area contributed by atoms with Gasteiger partial charge in [0.15, 0.2) is 0 Å². The summed E-state index contributed by atoms with van der Waals surface area (Å²) < 4.78 is 37.5. The molecule has 0 saturated heterocycles. The molecule has 2 aliphatic carbocycles. The highest BCUT2D eigenvalue weighted by Gasteiger charge is 2.74. The molecule has 0 radical (unpaired) electrons. The van der Waals surface area contributed by atoms with Gasteiger partial charge in [0.25, 0.3) is 0 Å². The van der Waals surface area contributed by atoms with E-state index in [0.29, 0.717) is 6.08 Å². The molecule has 76 valence electrons. The van der Waals surface area contributed by atoms with Crippen LogP contribution in [0.4, 0.5) is 13.2 Å². The van der Waals surface area contributed by atoms with Crippen molar-refractivity contribution in [2.75, 3.05) is 0 Å². The minimum absolute atomic E-state index is 0.223. The predicted molar refractivity (Wildman–Crippen MR) is 41.6 cm³/mol. The molecular weight excluding hydrogens is 223 g/mol. The van der Waals surface area contributed by atoms with E-state index in [1.54, 1.807) is 0 Å². The summed E-state index contributed by atoms with van der Waals surface area (Å²) in [6, 6.07) is 0. The average molecular weight is 226 g/mol. The van der Waals surface area contributed by atoms with Crippen LogP contribution in [0.15, 0.2) is 23.3 Å². The predicted octanol–water partition coefficient (Wildman–Crippen LogP) is 2.05. The van der Waals surface area contributed by atoms with Crippen molar-refractivity contribution in [2.45, 2.75) is 17.1 Å². The zero-order chi connectivity index (χ0) is 10.7. The van der Waals surface area contributed by atoms with Gasteiger partial charge in [-0.05, 0) is 17.2 Å². The highest BCUT2D eigenvalue weighted by molar-refractivity contribution is 6.25. The maximum atomic E-state index is 12.5. The van der Waals surface area contributed by atoms with Crippen molar-refractivity contribution in [2.24, 2.45) is 0 Å². The molecule has 2 aliphatic rings. The molecule has 0 fully saturated rings. The number of hydrogen-bond donors (Lipinski definition) is 0. The van der Waals surface area contributed by atoms with Crippen molar-refractivity contribution in [3.8, 4) is 0 Å². The van der Waals surface area contributed by atoms with Gasteiger partial charge in [0.1, 0.15) is 5.38 Å². The molecule has 0 unspecified atom stereocenters. The van der Waals surface area contributed by atoms with Crippen molar-refractivity contribution in [3.05, 3.63) is 33.4 Å². The Balaban J connectivity index is 2.50. The average Bonchev–Trinajstić information content (AvgIpc) is 2.69. The Morgan fingerprint density at radius 3 is 2.36 bits per heavy atom. The molecule has 2 rings (SSSR count). The summed E-state index contributed by atoms with van der Waals surface area (Å²) in [5, 5.41) is 8.84. The van der Waals surface area contributed by atoms with Gasteiger partial charge in [-0.3, -0.25) is 10.1 Å². The lowest BCUT2D eigenvalue weighted by Crippen LogP contribution is -2.55. The third-order valence-corrected chi connectivity index (χ3v) is 2.92. The van der Waals surface area contributed by atoms with E-state index in [9.17, 15) is 23.3 Å². The molecule has 0 saturated carbocycles. The Morgan fingerprint density at radius 1 is 1.57 bits per heavy atom. The highest BCUT2D eigenvalue weighted by atomic mass is 35.5. The molecule has 0 aromatic carbocycles. The van der Waals surface area contributed by atoms with Gasteiger partial charge in [-0.1, -0.05) is 0 Å². The Kier molecular flexibility index (Phi) is 1.57. The second kappa shape index (κ2) is 2.31. The maximum absolute atomic E-state index is 12.5. The van der Waals surface area contributed by atoms with Crippen molar-refractivity contribution < 1.29 is 18.1 Å². The molecule has 7 heteroatoms. The molecule has 0 bridgehead atoms. The van der Waals surface area contributed by atoms with Gasteiger partial charge < -0.3 is 0 Å². The van der Waals surface area contributed by atoms with Crippen LogP contribution < -0.4 is 0 Å². The van der Waals surface area contributed by atoms with Gasteiger partial charge in [0.2, 0.25) is 0 Å². The molecule has 0 aromatic rings. The van der Waals surface area contributed by atoms with Gasteiger partial charge in [-0.15, -0.1) is 11.6 Å². The quantitative estimate of drug-likeness (QED) is 0.389. The third kappa shape index (κ3) is 0.890. The summed E-state index contributed by atoms with van der Waals surface area (Å²) in [6.07, 6.45) is -2.98. The van der Waals surface area contributed by atoms with Crippen LogP contribution in [0.2, 0.25) is 0 Å². The van der Waals surface area contributed by atoms with Gasteiger partial charge in [0, 0.05) is 11.0 Å². The second-order valence-corrected chi connectivity index (χ2v) is 3.58. The minimum Gasteiger partial charge on any atom is -0.263 e. The van der Waals surface area contributed by atoms with Crippen molar-refractivity contribution >= 4 is 11.6 Å². The molecule has 0 N–H and O–H groups in total. The number of halogens is 4. The van der Waals surface area contributed by atoms with Gasteiger partial charge in [-0.2, -0.15) is 13.2 Å². The van der Waals surface area contributed by atoms with Gasteiger partial charge in [0.05, 0.1) is 0 Å². The number of fused-ring (bicyclic) bond motifs is 1. The molecule has 0 amide bonds. The highest BCUT2D eigenvalue weighted by Crippen LogP contribution is 2.54. The van der Waals surface area contributed by atoms with E-state index in [-0.39, 0.29) is 11.1 Å². The number of allylic oxidation sites excluding steroid dienone is 2. The summed E-state index contributed by atoms with van der Waals surface area (Å²) in [5.41, 5.74) is -2.66. The number of nitro groups is 1. The van der Waals surface area contributed by atoms with Crippen molar-refractivity contribution in [3.63, 3.8) is 0 Å². The molecule has 3 nitrogen and oxygen atoms in total. The fraction of sp³-hybridized carbons (Fsp3) is 0.429. The van der Waals surface area contributed by atoms with Crippen LogP contribution in [0, 0.1) is 10.1 Å². The maximum Gasteiger partial charge on any atom is 0.466 e. The van der Waals surface area contributed by atoms with E-state index in [4.69, 9.17) is 11.6 Å². The normalized spacial score (nSPS) is 34.7. The van der Waals surface area contributed by atoms with E-state index in [2.05, 4.69) is 0 Å². The zero-order valence-corrected chi connectivity index (χ0v) is 7.26. The lowest BCUT2D eigenvalue weighted by atomic mass is 9.97. The summed E-state index contributed by atoms with van der Waals surface area (Å²) in [4.78, 5) is 9.11. The Bertz CT molecular complexity index is 387. The van der Waals surface area contributed by atoms with E-state index in [1.165, 1.54) is 6.08 Å². The van der Waals surface area contributed by atoms with E-state index in [0.717, 1.165) is 0 Å². The van der Waals surface area contributed by atoms with E-state index >= 15 is 0 Å². The Morgan fingerprint density at radius 2 is 2.14 bits per heavy atom. The topological polar surface area (TPSA) is 43.1 Å². The largest absolute Gasteiger partial charge is 0.466 e. The first-order valence-corrected chi connectivity index (χ1v) is 4.04. The van der Waals surface area contributed by atoms with Crippen LogP contribution in [-0.2, 0) is 0 Å². The minimum atomic E-state index is -4.97. The van der Waals surface area contributed by atoms with Crippen LogP contribution in [-0.4, -0.2) is 22.0 Å². The SMILES string of the molecule is O=[N+]([O-])[C@@]1(C(F)(F)F)C=C2C=C2[C@H]1Cl. The monoisotopic (exact) mass is 225 g/mol. The third-order valence-electron chi connectivity index (χ3n) is 2.35. The number of hydrogen-bond acceptors (Lipinski definition) is 2. The van der Waals surface area contributed by atoms with Crippen LogP contribution in [0.1, 0.15) is 0 Å². The second-order valence-electron chi connectivity index (χ2n) is 3.14. The standard InChI is InChI=1S/C7H3ClF3NO2/c8-5-4-1-3(4)2-6(5,12(13)14)7(9,10)11/h1-2,5H/t5-,6+/m1/s1. The van der Waals surface area contributed by atoms with Crippen LogP contribution in [0.3, 0.4) is 0 Å². The van der Waals surface area contributed by atoms with Crippen LogP contribution in [0.5, 0.6) is 0 Å². The number of nitrogens with zero attached hydrogens (tertiary/aromatic N) is 1. The van der Waals surface area contributed by atoms with E-state index in [1.807, 2.05) is 0 Å². The van der Waals surface area contributed by atoms with Crippen LogP contribution >= 0.6 is 11.6 Å². The summed E-state index contributed by atoms with van der Waals surface area (Å²) in [5.74, 6) is 0. The fourth-order valence-electron chi connectivity index (χ4n) is 1.50. The first kappa shape index (κ1) is 9.51. The summed E-state index contributed by atoms with van der Waals surface area (Å²) in [7, 11) is 0. The molecular formula is C7H3ClF3NO2. The smallest absolute Gasteiger partial charge is 0.263 e. The number of rotatable bonds is 1. The first-order chi connectivity index (χ1) is 6.30. The van der Waals surface area contributed by atoms with E-state index < -0.39 is 22.0 Å². The van der Waals surface area contributed by atoms with Gasteiger partial charge in [-0.25, -0.2) is 0 Å². The molecule has 2 atom stereocenters. The molecule has 0 heterocycles. The first-order valence-electron chi connectivity index (χ1n) is 3.61. The van der Waals surface area contributed by atoms with Gasteiger partial charge >= 0.3 is 11.7 Å². The lowest BCUT2D eigenvalue weighted by Gasteiger charge is -2.24.